The van der Waals surface area contributed by atoms with Crippen LogP contribution >= 0.6 is 0 Å². The molecule has 1 heterocycles. The summed E-state index contributed by atoms with van der Waals surface area (Å²) in [6.07, 6.45) is 3.47. The molecule has 176 valence electrons. The number of nitro groups is 1. The van der Waals surface area contributed by atoms with Crippen molar-refractivity contribution in [1.29, 1.82) is 0 Å². The maximum atomic E-state index is 12.4. The lowest BCUT2D eigenvalue weighted by Gasteiger charge is -2.16. The molecule has 1 saturated heterocycles. The number of benzene rings is 2. The number of carboxylic acid groups (broad SMARTS) is 1. The monoisotopic (exact) mass is 467 g/mol. The van der Waals surface area contributed by atoms with Crippen molar-refractivity contribution in [2.75, 3.05) is 13.7 Å². The smallest absolute Gasteiger partial charge is 0.329 e. The van der Waals surface area contributed by atoms with Gasteiger partial charge in [0.1, 0.15) is 18.8 Å². The second kappa shape index (κ2) is 10.3. The fourth-order valence-corrected chi connectivity index (χ4v) is 3.28. The van der Waals surface area contributed by atoms with Crippen molar-refractivity contribution in [3.05, 3.63) is 81.6 Å². The first-order valence-electron chi connectivity index (χ1n) is 9.97. The Hall–Kier alpha value is -4.67. The number of nitro benzene ring substituents is 1. The van der Waals surface area contributed by atoms with E-state index in [9.17, 15) is 24.5 Å². The molecule has 0 spiro atoms. The van der Waals surface area contributed by atoms with E-state index in [0.29, 0.717) is 39.5 Å². The Morgan fingerprint density at radius 1 is 1.26 bits per heavy atom. The fourth-order valence-electron chi connectivity index (χ4n) is 3.28. The largest absolute Gasteiger partial charge is 0.493 e. The Labute approximate surface area is 194 Å². The van der Waals surface area contributed by atoms with Crippen LogP contribution in [-0.4, -0.2) is 46.5 Å². The van der Waals surface area contributed by atoms with Gasteiger partial charge in [0.25, 0.3) is 11.6 Å². The highest BCUT2D eigenvalue weighted by Gasteiger charge is 2.35. The van der Waals surface area contributed by atoms with E-state index in [-0.39, 0.29) is 18.0 Å². The van der Waals surface area contributed by atoms with Crippen LogP contribution in [0.1, 0.15) is 16.7 Å². The molecule has 2 N–H and O–H groups in total. The number of nitrogens with zero attached hydrogens (tertiary/aromatic N) is 2. The van der Waals surface area contributed by atoms with Gasteiger partial charge >= 0.3 is 12.0 Å². The summed E-state index contributed by atoms with van der Waals surface area (Å²) in [7, 11) is 1.44. The van der Waals surface area contributed by atoms with Gasteiger partial charge in [0.05, 0.1) is 12.0 Å². The van der Waals surface area contributed by atoms with Crippen molar-refractivity contribution in [2.24, 2.45) is 0 Å². The maximum absolute atomic E-state index is 12.4. The Morgan fingerprint density at radius 2 is 1.97 bits per heavy atom. The van der Waals surface area contributed by atoms with Crippen LogP contribution in [0, 0.1) is 10.1 Å². The number of hydrogen-bond acceptors (Lipinski definition) is 7. The van der Waals surface area contributed by atoms with Crippen molar-refractivity contribution in [3.63, 3.8) is 0 Å². The Bertz CT molecular complexity index is 1190. The average molecular weight is 467 g/mol. The summed E-state index contributed by atoms with van der Waals surface area (Å²) in [5, 5.41) is 22.1. The van der Waals surface area contributed by atoms with Gasteiger partial charge in [0, 0.05) is 17.7 Å². The van der Waals surface area contributed by atoms with Crippen LogP contribution in [0.5, 0.6) is 11.5 Å². The molecule has 11 nitrogen and oxygen atoms in total. The molecule has 1 fully saturated rings. The van der Waals surface area contributed by atoms with Gasteiger partial charge in [-0.15, -0.1) is 6.58 Å². The number of carboxylic acids is 1. The number of imide groups is 1. The summed E-state index contributed by atoms with van der Waals surface area (Å²) < 4.78 is 11.4. The van der Waals surface area contributed by atoms with E-state index in [0.717, 1.165) is 0 Å². The number of nitrogens with one attached hydrogen (secondary N) is 1. The van der Waals surface area contributed by atoms with Gasteiger partial charge in [-0.3, -0.25) is 19.7 Å². The minimum atomic E-state index is -1.31. The molecule has 3 rings (SSSR count). The number of carbonyl (C=O) groups excluding carboxylic acids is 2. The number of carbonyl (C=O) groups is 3. The highest BCUT2D eigenvalue weighted by molar-refractivity contribution is 6.15. The number of non-ortho nitro benzene ring substituents is 1. The number of allylic oxidation sites excluding steroid dienone is 1. The molecule has 11 heteroatoms. The number of aliphatic carboxylic acids is 1. The highest BCUT2D eigenvalue weighted by Crippen LogP contribution is 2.35. The van der Waals surface area contributed by atoms with Crippen molar-refractivity contribution in [2.45, 2.75) is 13.0 Å². The van der Waals surface area contributed by atoms with Crippen LogP contribution in [0.15, 0.2) is 54.8 Å². The zero-order valence-corrected chi connectivity index (χ0v) is 18.1. The van der Waals surface area contributed by atoms with Crippen molar-refractivity contribution >= 4 is 29.7 Å². The quantitative estimate of drug-likeness (QED) is 0.178. The molecular weight excluding hydrogens is 446 g/mol. The van der Waals surface area contributed by atoms with E-state index in [1.807, 2.05) is 0 Å². The third-order valence-corrected chi connectivity index (χ3v) is 4.84. The van der Waals surface area contributed by atoms with Gasteiger partial charge in [-0.05, 0) is 47.9 Å². The van der Waals surface area contributed by atoms with Gasteiger partial charge in [0.2, 0.25) is 0 Å². The summed E-state index contributed by atoms with van der Waals surface area (Å²) in [5.41, 5.74) is 1.81. The summed E-state index contributed by atoms with van der Waals surface area (Å²) >= 11 is 0. The number of urea groups is 1. The molecule has 0 atom stereocenters. The third-order valence-electron chi connectivity index (χ3n) is 4.84. The molecule has 1 aliphatic heterocycles. The van der Waals surface area contributed by atoms with E-state index in [1.54, 1.807) is 30.3 Å². The standard InChI is InChI=1S/C23H21N3O8/c1-3-4-16-9-15(10-18-22(29)25(12-20(27)28)23(30)24-18)11-19(33-2)21(16)34-13-14-5-7-17(8-6-14)26(31)32/h3,5-11H,1,4,12-13H2,2H3,(H,24,30)(H,27,28)/b18-10+. The van der Waals surface area contributed by atoms with Crippen LogP contribution in [0.4, 0.5) is 10.5 Å². The lowest BCUT2D eigenvalue weighted by Crippen LogP contribution is -2.35. The fraction of sp³-hybridized carbons (Fsp3) is 0.174. The van der Waals surface area contributed by atoms with E-state index < -0.39 is 29.4 Å². The molecule has 0 radical (unpaired) electrons. The molecule has 0 unspecified atom stereocenters. The van der Waals surface area contributed by atoms with Crippen molar-refractivity contribution < 1.29 is 33.9 Å². The van der Waals surface area contributed by atoms with Gasteiger partial charge in [0.15, 0.2) is 11.5 Å². The van der Waals surface area contributed by atoms with E-state index >= 15 is 0 Å². The molecule has 0 saturated carbocycles. The predicted molar refractivity (Wildman–Crippen MR) is 120 cm³/mol. The van der Waals surface area contributed by atoms with Crippen LogP contribution in [0.3, 0.4) is 0 Å². The first kappa shape index (κ1) is 24.0. The molecule has 1 aliphatic rings. The minimum absolute atomic E-state index is 0.0264. The number of amides is 3. The molecule has 0 aliphatic carbocycles. The summed E-state index contributed by atoms with van der Waals surface area (Å²) in [4.78, 5) is 46.2. The van der Waals surface area contributed by atoms with Crippen molar-refractivity contribution in [1.82, 2.24) is 10.2 Å². The topological polar surface area (TPSA) is 148 Å². The van der Waals surface area contributed by atoms with E-state index in [2.05, 4.69) is 11.9 Å². The lowest BCUT2D eigenvalue weighted by molar-refractivity contribution is -0.384. The first-order chi connectivity index (χ1) is 16.2. The van der Waals surface area contributed by atoms with E-state index in [4.69, 9.17) is 14.6 Å². The Balaban J connectivity index is 1.88. The van der Waals surface area contributed by atoms with Gasteiger partial charge in [-0.25, -0.2) is 9.69 Å². The lowest BCUT2D eigenvalue weighted by atomic mass is 10.0. The Morgan fingerprint density at radius 3 is 2.56 bits per heavy atom. The third kappa shape index (κ3) is 5.38. The Kier molecular flexibility index (Phi) is 7.26. The zero-order chi connectivity index (χ0) is 24.8. The van der Waals surface area contributed by atoms with Crippen LogP contribution < -0.4 is 14.8 Å². The normalized spacial score (nSPS) is 14.1. The molecule has 0 aromatic heterocycles. The minimum Gasteiger partial charge on any atom is -0.493 e. The molecular formula is C23H21N3O8. The molecule has 34 heavy (non-hydrogen) atoms. The second-order valence-electron chi connectivity index (χ2n) is 7.19. The highest BCUT2D eigenvalue weighted by atomic mass is 16.6. The average Bonchev–Trinajstić information content (AvgIpc) is 3.05. The van der Waals surface area contributed by atoms with Crippen LogP contribution in [0.2, 0.25) is 0 Å². The van der Waals surface area contributed by atoms with Gasteiger partial charge < -0.3 is 19.9 Å². The number of ether oxygens (including phenoxy) is 2. The molecule has 2 aromatic carbocycles. The maximum Gasteiger partial charge on any atom is 0.329 e. The molecule has 3 amide bonds. The zero-order valence-electron chi connectivity index (χ0n) is 18.1. The SMILES string of the molecule is C=CCc1cc(/C=C2/NC(=O)N(CC(=O)O)C2=O)cc(OC)c1OCc1ccc([N+](=O)[O-])cc1. The second-order valence-corrected chi connectivity index (χ2v) is 7.19. The van der Waals surface area contributed by atoms with Crippen LogP contribution in [-0.2, 0) is 22.6 Å². The van der Waals surface area contributed by atoms with Gasteiger partial charge in [-0.1, -0.05) is 6.08 Å². The van der Waals surface area contributed by atoms with Crippen molar-refractivity contribution in [3.8, 4) is 11.5 Å². The summed E-state index contributed by atoms with van der Waals surface area (Å²) in [6.45, 7) is 3.12. The predicted octanol–water partition coefficient (Wildman–Crippen LogP) is 2.89. The summed E-state index contributed by atoms with van der Waals surface area (Å²) in [6, 6.07) is 8.46. The first-order valence-corrected chi connectivity index (χ1v) is 9.97. The number of hydrogen-bond donors (Lipinski definition) is 2. The number of rotatable bonds is 10. The molecule has 0 bridgehead atoms. The molecule has 2 aromatic rings. The van der Waals surface area contributed by atoms with Gasteiger partial charge in [-0.2, -0.15) is 0 Å². The van der Waals surface area contributed by atoms with Crippen LogP contribution in [0.25, 0.3) is 6.08 Å². The number of methoxy groups -OCH3 is 1. The summed E-state index contributed by atoms with van der Waals surface area (Å²) in [5.74, 6) is -1.28. The van der Waals surface area contributed by atoms with E-state index in [1.165, 1.54) is 25.3 Å².